The second kappa shape index (κ2) is 5.86. The van der Waals surface area contributed by atoms with E-state index >= 15 is 0 Å². The number of aryl methyl sites for hydroxylation is 2. The Morgan fingerprint density at radius 1 is 0.857 bits per heavy atom. The van der Waals surface area contributed by atoms with E-state index in [1.165, 1.54) is 5.56 Å². The molecule has 2 aromatic rings. The zero-order valence-electron chi connectivity index (χ0n) is 8.51. The summed E-state index contributed by atoms with van der Waals surface area (Å²) in [6, 6.07) is 9.72. The van der Waals surface area contributed by atoms with Gasteiger partial charge in [-0.15, -0.1) is 0 Å². The van der Waals surface area contributed by atoms with Crippen LogP contribution in [-0.4, -0.2) is 9.97 Å². The standard InChI is InChI=1S/C7H9N.C5H5N/c1-6-4-3-5-8-7(6)2;1-2-4-6-5-3-1/h3-5H,1-2H3;1-5H. The number of nitrogens with zero attached hydrogens (tertiary/aromatic N) is 2. The average Bonchev–Trinajstić information content (AvgIpc) is 2.26. The molecule has 72 valence electrons. The third-order valence-corrected chi connectivity index (χ3v) is 1.84. The molecule has 0 aliphatic heterocycles. The molecule has 0 bridgehead atoms. The second-order valence-corrected chi connectivity index (χ2v) is 2.93. The maximum atomic E-state index is 4.08. The minimum atomic E-state index is 1.12. The topological polar surface area (TPSA) is 25.8 Å². The lowest BCUT2D eigenvalue weighted by Crippen LogP contribution is -1.81. The molecule has 0 N–H and O–H groups in total. The number of pyridine rings is 2. The number of hydrogen-bond donors (Lipinski definition) is 0. The van der Waals surface area contributed by atoms with Gasteiger partial charge in [-0.25, -0.2) is 0 Å². The summed E-state index contributed by atoms with van der Waals surface area (Å²) in [7, 11) is 0. The summed E-state index contributed by atoms with van der Waals surface area (Å²) in [5.74, 6) is 0. The summed E-state index contributed by atoms with van der Waals surface area (Å²) in [5.41, 5.74) is 2.38. The van der Waals surface area contributed by atoms with Crippen molar-refractivity contribution in [2.75, 3.05) is 0 Å². The molecule has 0 amide bonds. The highest BCUT2D eigenvalue weighted by molar-refractivity contribution is 5.15. The van der Waals surface area contributed by atoms with E-state index in [1.807, 2.05) is 37.4 Å². The van der Waals surface area contributed by atoms with Gasteiger partial charge in [-0.2, -0.15) is 0 Å². The molecule has 0 aliphatic carbocycles. The first-order valence-corrected chi connectivity index (χ1v) is 4.54. The molecular formula is C12H14N2. The number of rotatable bonds is 0. The van der Waals surface area contributed by atoms with Crippen LogP contribution in [0.1, 0.15) is 11.3 Å². The lowest BCUT2D eigenvalue weighted by atomic mass is 10.2. The largest absolute Gasteiger partial charge is 0.265 e. The zero-order chi connectivity index (χ0) is 10.2. The molecule has 2 heteroatoms. The van der Waals surface area contributed by atoms with Crippen LogP contribution in [0.4, 0.5) is 0 Å². The van der Waals surface area contributed by atoms with Gasteiger partial charge < -0.3 is 0 Å². The quantitative estimate of drug-likeness (QED) is 0.632. The Hall–Kier alpha value is -1.70. The molecule has 0 saturated carbocycles. The molecule has 0 fully saturated rings. The lowest BCUT2D eigenvalue weighted by Gasteiger charge is -1.92. The van der Waals surface area contributed by atoms with E-state index in [0.29, 0.717) is 0 Å². The first-order valence-electron chi connectivity index (χ1n) is 4.54. The molecule has 0 radical (unpaired) electrons. The van der Waals surface area contributed by atoms with Crippen LogP contribution < -0.4 is 0 Å². The molecule has 0 aromatic carbocycles. The van der Waals surface area contributed by atoms with Crippen LogP contribution in [-0.2, 0) is 0 Å². The molecule has 2 rings (SSSR count). The molecule has 2 nitrogen and oxygen atoms in total. The Morgan fingerprint density at radius 3 is 1.86 bits per heavy atom. The van der Waals surface area contributed by atoms with Gasteiger partial charge in [0.2, 0.25) is 0 Å². The third kappa shape index (κ3) is 3.81. The maximum absolute atomic E-state index is 4.08. The first kappa shape index (κ1) is 10.4. The average molecular weight is 186 g/mol. The SMILES string of the molecule is Cc1cccnc1C.c1ccncc1. The van der Waals surface area contributed by atoms with E-state index in [-0.39, 0.29) is 0 Å². The molecule has 2 heterocycles. The molecule has 0 aliphatic rings. The fraction of sp³-hybridized carbons (Fsp3) is 0.167. The maximum Gasteiger partial charge on any atom is 0.0401 e. The van der Waals surface area contributed by atoms with Gasteiger partial charge in [0.25, 0.3) is 0 Å². The molecule has 0 spiro atoms. The molecule has 2 aromatic heterocycles. The van der Waals surface area contributed by atoms with Crippen molar-refractivity contribution in [3.63, 3.8) is 0 Å². The van der Waals surface area contributed by atoms with E-state index in [4.69, 9.17) is 0 Å². The highest BCUT2D eigenvalue weighted by Gasteiger charge is 1.85. The Morgan fingerprint density at radius 2 is 1.57 bits per heavy atom. The van der Waals surface area contributed by atoms with Gasteiger partial charge in [0.15, 0.2) is 0 Å². The predicted octanol–water partition coefficient (Wildman–Crippen LogP) is 2.78. The van der Waals surface area contributed by atoms with Crippen LogP contribution in [0.15, 0.2) is 48.9 Å². The Bertz CT molecular complexity index is 310. The van der Waals surface area contributed by atoms with Gasteiger partial charge in [-0.05, 0) is 37.6 Å². The summed E-state index contributed by atoms with van der Waals surface area (Å²) < 4.78 is 0. The summed E-state index contributed by atoms with van der Waals surface area (Å²) in [6.45, 7) is 4.07. The highest BCUT2D eigenvalue weighted by atomic mass is 14.7. The predicted molar refractivity (Wildman–Crippen MR) is 57.9 cm³/mol. The van der Waals surface area contributed by atoms with Crippen molar-refractivity contribution in [1.82, 2.24) is 9.97 Å². The summed E-state index contributed by atoms with van der Waals surface area (Å²) in [6.07, 6.45) is 5.31. The molecule has 0 atom stereocenters. The van der Waals surface area contributed by atoms with Crippen LogP contribution in [0.5, 0.6) is 0 Å². The van der Waals surface area contributed by atoms with Crippen molar-refractivity contribution in [2.45, 2.75) is 13.8 Å². The van der Waals surface area contributed by atoms with Crippen LogP contribution in [0, 0.1) is 13.8 Å². The van der Waals surface area contributed by atoms with Gasteiger partial charge >= 0.3 is 0 Å². The molecule has 0 saturated heterocycles. The van der Waals surface area contributed by atoms with E-state index < -0.39 is 0 Å². The second-order valence-electron chi connectivity index (χ2n) is 2.93. The van der Waals surface area contributed by atoms with Crippen LogP contribution in [0.2, 0.25) is 0 Å². The fourth-order valence-electron chi connectivity index (χ4n) is 0.877. The smallest absolute Gasteiger partial charge is 0.0401 e. The van der Waals surface area contributed by atoms with E-state index in [0.717, 1.165) is 5.69 Å². The van der Waals surface area contributed by atoms with Gasteiger partial charge in [-0.3, -0.25) is 9.97 Å². The fourth-order valence-corrected chi connectivity index (χ4v) is 0.877. The van der Waals surface area contributed by atoms with Crippen molar-refractivity contribution >= 4 is 0 Å². The van der Waals surface area contributed by atoms with Gasteiger partial charge in [0.05, 0.1) is 0 Å². The van der Waals surface area contributed by atoms with Crippen molar-refractivity contribution < 1.29 is 0 Å². The molecule has 14 heavy (non-hydrogen) atoms. The van der Waals surface area contributed by atoms with Crippen molar-refractivity contribution in [3.05, 3.63) is 60.2 Å². The lowest BCUT2D eigenvalue weighted by molar-refractivity contribution is 1.15. The van der Waals surface area contributed by atoms with E-state index in [2.05, 4.69) is 23.0 Å². The summed E-state index contributed by atoms with van der Waals surface area (Å²) in [4.78, 5) is 7.86. The number of hydrogen-bond acceptors (Lipinski definition) is 2. The van der Waals surface area contributed by atoms with Gasteiger partial charge in [0, 0.05) is 24.3 Å². The third-order valence-electron chi connectivity index (χ3n) is 1.84. The van der Waals surface area contributed by atoms with E-state index in [9.17, 15) is 0 Å². The van der Waals surface area contributed by atoms with Gasteiger partial charge in [0.1, 0.15) is 0 Å². The Labute approximate surface area is 84.7 Å². The van der Waals surface area contributed by atoms with Crippen LogP contribution in [0.3, 0.4) is 0 Å². The molecular weight excluding hydrogens is 172 g/mol. The number of aromatic nitrogens is 2. The van der Waals surface area contributed by atoms with Crippen LogP contribution >= 0.6 is 0 Å². The zero-order valence-corrected chi connectivity index (χ0v) is 8.51. The van der Waals surface area contributed by atoms with Gasteiger partial charge in [-0.1, -0.05) is 12.1 Å². The minimum Gasteiger partial charge on any atom is -0.265 e. The highest BCUT2D eigenvalue weighted by Crippen LogP contribution is 1.98. The molecule has 0 unspecified atom stereocenters. The normalized spacial score (nSPS) is 8.71. The van der Waals surface area contributed by atoms with Crippen LogP contribution in [0.25, 0.3) is 0 Å². The summed E-state index contributed by atoms with van der Waals surface area (Å²) >= 11 is 0. The van der Waals surface area contributed by atoms with Crippen molar-refractivity contribution in [2.24, 2.45) is 0 Å². The minimum absolute atomic E-state index is 1.12. The van der Waals surface area contributed by atoms with Crippen molar-refractivity contribution in [1.29, 1.82) is 0 Å². The van der Waals surface area contributed by atoms with Crippen molar-refractivity contribution in [3.8, 4) is 0 Å². The Balaban J connectivity index is 0.000000146. The summed E-state index contributed by atoms with van der Waals surface area (Å²) in [5, 5.41) is 0. The van der Waals surface area contributed by atoms with E-state index in [1.54, 1.807) is 12.4 Å². The Kier molecular flexibility index (Phi) is 4.35. The monoisotopic (exact) mass is 186 g/mol. The first-order chi connectivity index (χ1) is 6.80.